The predicted octanol–water partition coefficient (Wildman–Crippen LogP) is 3.62. The molecular weight excluding hydrogens is 242 g/mol. The van der Waals surface area contributed by atoms with Crippen molar-refractivity contribution < 1.29 is 4.74 Å². The number of aryl methyl sites for hydroxylation is 1. The first kappa shape index (κ1) is 15.5. The van der Waals surface area contributed by atoms with Crippen molar-refractivity contribution in [2.75, 3.05) is 20.3 Å². The van der Waals surface area contributed by atoms with Gasteiger partial charge in [-0.2, -0.15) is 0 Å². The van der Waals surface area contributed by atoms with Gasteiger partial charge in [0, 0.05) is 29.8 Å². The zero-order valence-corrected chi connectivity index (χ0v) is 13.0. The lowest BCUT2D eigenvalue weighted by molar-refractivity contribution is 0.199. The van der Waals surface area contributed by atoms with E-state index in [0.717, 1.165) is 19.7 Å². The Morgan fingerprint density at radius 2 is 2.00 bits per heavy atom. The van der Waals surface area contributed by atoms with Gasteiger partial charge in [0.2, 0.25) is 0 Å². The summed E-state index contributed by atoms with van der Waals surface area (Å²) >= 11 is 1.93. The third-order valence-corrected chi connectivity index (χ3v) is 3.76. The highest BCUT2D eigenvalue weighted by atomic mass is 32.2. The molecule has 0 aliphatic carbocycles. The number of rotatable bonds is 6. The van der Waals surface area contributed by atoms with Crippen molar-refractivity contribution in [3.8, 4) is 0 Å². The van der Waals surface area contributed by atoms with E-state index >= 15 is 0 Å². The number of methoxy groups -OCH3 is 1. The van der Waals surface area contributed by atoms with Gasteiger partial charge in [0.1, 0.15) is 0 Å². The molecule has 0 saturated heterocycles. The Balaban J connectivity index is 2.56. The Morgan fingerprint density at radius 1 is 1.28 bits per heavy atom. The average Bonchev–Trinajstić information content (AvgIpc) is 2.26. The third kappa shape index (κ3) is 5.89. The van der Waals surface area contributed by atoms with Crippen LogP contribution in [-0.4, -0.2) is 25.0 Å². The Bertz CT molecular complexity index is 371. The van der Waals surface area contributed by atoms with Crippen LogP contribution < -0.4 is 5.32 Å². The fourth-order valence-electron chi connectivity index (χ4n) is 1.67. The third-order valence-electron chi connectivity index (χ3n) is 2.47. The molecule has 1 aromatic rings. The lowest BCUT2D eigenvalue weighted by Gasteiger charge is -2.19. The zero-order chi connectivity index (χ0) is 13.6. The summed E-state index contributed by atoms with van der Waals surface area (Å²) in [5.41, 5.74) is 2.70. The summed E-state index contributed by atoms with van der Waals surface area (Å²) in [6.07, 6.45) is 0. The molecule has 0 bridgehead atoms. The second-order valence-electron chi connectivity index (χ2n) is 5.48. The number of hydrogen-bond acceptors (Lipinski definition) is 3. The molecule has 0 aliphatic rings. The zero-order valence-electron chi connectivity index (χ0n) is 12.2. The molecule has 0 unspecified atom stereocenters. The molecule has 0 fully saturated rings. The van der Waals surface area contributed by atoms with Crippen LogP contribution in [0.2, 0.25) is 0 Å². The van der Waals surface area contributed by atoms with Crippen LogP contribution in [-0.2, 0) is 11.3 Å². The molecule has 0 radical (unpaired) electrons. The van der Waals surface area contributed by atoms with Crippen molar-refractivity contribution in [1.82, 2.24) is 5.32 Å². The quantitative estimate of drug-likeness (QED) is 0.628. The largest absolute Gasteiger partial charge is 0.383 e. The van der Waals surface area contributed by atoms with Crippen LogP contribution in [0.15, 0.2) is 23.1 Å². The molecular formula is C15H25NOS. The SMILES string of the molecule is COCCNCc1ccc(SC(C)(C)C)c(C)c1. The molecule has 1 rings (SSSR count). The highest BCUT2D eigenvalue weighted by Gasteiger charge is 2.13. The van der Waals surface area contributed by atoms with Gasteiger partial charge in [-0.05, 0) is 24.1 Å². The van der Waals surface area contributed by atoms with Crippen LogP contribution in [0.25, 0.3) is 0 Å². The Labute approximate surface area is 116 Å². The summed E-state index contributed by atoms with van der Waals surface area (Å²) < 4.78 is 5.28. The summed E-state index contributed by atoms with van der Waals surface area (Å²) in [7, 11) is 1.73. The van der Waals surface area contributed by atoms with Gasteiger partial charge >= 0.3 is 0 Å². The minimum absolute atomic E-state index is 0.267. The van der Waals surface area contributed by atoms with E-state index in [1.165, 1.54) is 16.0 Å². The van der Waals surface area contributed by atoms with Gasteiger partial charge in [-0.1, -0.05) is 32.9 Å². The van der Waals surface area contributed by atoms with Crippen molar-refractivity contribution in [1.29, 1.82) is 0 Å². The normalized spacial score (nSPS) is 11.8. The second kappa shape index (κ2) is 7.17. The van der Waals surface area contributed by atoms with Crippen molar-refractivity contribution in [3.63, 3.8) is 0 Å². The molecule has 102 valence electrons. The molecule has 0 amide bonds. The summed E-state index contributed by atoms with van der Waals surface area (Å²) in [6, 6.07) is 6.72. The number of hydrogen-bond donors (Lipinski definition) is 1. The molecule has 0 heterocycles. The van der Waals surface area contributed by atoms with Gasteiger partial charge in [0.05, 0.1) is 6.61 Å². The topological polar surface area (TPSA) is 21.3 Å². The van der Waals surface area contributed by atoms with Crippen LogP contribution >= 0.6 is 11.8 Å². The summed E-state index contributed by atoms with van der Waals surface area (Å²) in [4.78, 5) is 1.38. The lowest BCUT2D eigenvalue weighted by Crippen LogP contribution is -2.18. The van der Waals surface area contributed by atoms with E-state index in [-0.39, 0.29) is 4.75 Å². The number of benzene rings is 1. The molecule has 0 aromatic heterocycles. The molecule has 1 aromatic carbocycles. The first-order valence-electron chi connectivity index (χ1n) is 6.40. The molecule has 3 heteroatoms. The molecule has 0 atom stereocenters. The van der Waals surface area contributed by atoms with E-state index in [2.05, 4.69) is 51.2 Å². The van der Waals surface area contributed by atoms with Crippen molar-refractivity contribution in [2.24, 2.45) is 0 Å². The minimum Gasteiger partial charge on any atom is -0.383 e. The molecule has 0 aliphatic heterocycles. The van der Waals surface area contributed by atoms with Crippen LogP contribution in [0, 0.1) is 6.92 Å². The smallest absolute Gasteiger partial charge is 0.0587 e. The van der Waals surface area contributed by atoms with E-state index in [4.69, 9.17) is 4.74 Å². The van der Waals surface area contributed by atoms with Crippen LogP contribution in [0.5, 0.6) is 0 Å². The van der Waals surface area contributed by atoms with E-state index in [0.29, 0.717) is 0 Å². The summed E-state index contributed by atoms with van der Waals surface area (Å²) in [6.45, 7) is 11.5. The van der Waals surface area contributed by atoms with Gasteiger partial charge in [-0.15, -0.1) is 11.8 Å². The molecule has 2 nitrogen and oxygen atoms in total. The molecule has 0 saturated carbocycles. The number of ether oxygens (including phenoxy) is 1. The first-order chi connectivity index (χ1) is 8.42. The number of nitrogens with one attached hydrogen (secondary N) is 1. The number of thioether (sulfide) groups is 1. The predicted molar refractivity (Wildman–Crippen MR) is 80.4 cm³/mol. The van der Waals surface area contributed by atoms with Gasteiger partial charge < -0.3 is 10.1 Å². The van der Waals surface area contributed by atoms with Gasteiger partial charge in [0.15, 0.2) is 0 Å². The first-order valence-corrected chi connectivity index (χ1v) is 7.22. The van der Waals surface area contributed by atoms with E-state index < -0.39 is 0 Å². The fourth-order valence-corrected chi connectivity index (χ4v) is 2.69. The van der Waals surface area contributed by atoms with Crippen LogP contribution in [0.1, 0.15) is 31.9 Å². The van der Waals surface area contributed by atoms with E-state index in [1.807, 2.05) is 11.8 Å². The fraction of sp³-hybridized carbons (Fsp3) is 0.600. The average molecular weight is 267 g/mol. The maximum absolute atomic E-state index is 5.01. The molecule has 1 N–H and O–H groups in total. The van der Waals surface area contributed by atoms with Gasteiger partial charge in [-0.25, -0.2) is 0 Å². The summed E-state index contributed by atoms with van der Waals surface area (Å²) in [5, 5.41) is 3.37. The monoisotopic (exact) mass is 267 g/mol. The second-order valence-corrected chi connectivity index (χ2v) is 7.35. The van der Waals surface area contributed by atoms with E-state index in [9.17, 15) is 0 Å². The van der Waals surface area contributed by atoms with Crippen LogP contribution in [0.4, 0.5) is 0 Å². The molecule has 0 spiro atoms. The highest BCUT2D eigenvalue weighted by Crippen LogP contribution is 2.34. The Kier molecular flexibility index (Phi) is 6.19. The van der Waals surface area contributed by atoms with Crippen molar-refractivity contribution >= 4 is 11.8 Å². The standard InChI is InChI=1S/C15H25NOS/c1-12-10-13(11-16-8-9-17-5)6-7-14(12)18-15(2,3)4/h6-7,10,16H,8-9,11H2,1-5H3. The van der Waals surface area contributed by atoms with Crippen LogP contribution in [0.3, 0.4) is 0 Å². The van der Waals surface area contributed by atoms with E-state index in [1.54, 1.807) is 7.11 Å². The maximum atomic E-state index is 5.01. The maximum Gasteiger partial charge on any atom is 0.0587 e. The van der Waals surface area contributed by atoms with Crippen molar-refractivity contribution in [3.05, 3.63) is 29.3 Å². The van der Waals surface area contributed by atoms with Crippen molar-refractivity contribution in [2.45, 2.75) is 43.9 Å². The summed E-state index contributed by atoms with van der Waals surface area (Å²) in [5.74, 6) is 0. The van der Waals surface area contributed by atoms with Gasteiger partial charge in [-0.3, -0.25) is 0 Å². The Morgan fingerprint density at radius 3 is 2.56 bits per heavy atom. The molecule has 18 heavy (non-hydrogen) atoms. The highest BCUT2D eigenvalue weighted by molar-refractivity contribution is 8.00. The Hall–Kier alpha value is -0.510. The minimum atomic E-state index is 0.267. The lowest BCUT2D eigenvalue weighted by atomic mass is 10.1. The van der Waals surface area contributed by atoms with Gasteiger partial charge in [0.25, 0.3) is 0 Å².